The Morgan fingerprint density at radius 2 is 1.65 bits per heavy atom. The van der Waals surface area contributed by atoms with Gasteiger partial charge in [0.25, 0.3) is 5.91 Å². The number of hydrogen-bond acceptors (Lipinski definition) is 17. The van der Waals surface area contributed by atoms with Crippen molar-refractivity contribution in [1.82, 2.24) is 50.0 Å². The number of hydrogen-bond donors (Lipinski definition) is 4. The van der Waals surface area contributed by atoms with Crippen LogP contribution in [0.25, 0.3) is 27.1 Å². The number of benzene rings is 1. The molecule has 0 saturated carbocycles. The molecule has 3 aliphatic rings. The largest absolute Gasteiger partial charge is 0.481 e. The second-order valence-electron chi connectivity index (χ2n) is 20.1. The number of β-amino-alcohol motifs (C(OH)–C–C–N with tert-alkyl or cyclic N) is 1. The maximum absolute atomic E-state index is 14.1. The number of rotatable bonds is 15. The summed E-state index contributed by atoms with van der Waals surface area (Å²) in [4.78, 5) is 92.6. The summed E-state index contributed by atoms with van der Waals surface area (Å²) < 4.78 is 18.6. The van der Waals surface area contributed by atoms with Gasteiger partial charge in [0.2, 0.25) is 29.5 Å². The van der Waals surface area contributed by atoms with Crippen molar-refractivity contribution >= 4 is 64.0 Å². The molecule has 9 rings (SSSR count). The number of carbonyl (C=O) groups is 5. The van der Waals surface area contributed by atoms with Crippen molar-refractivity contribution in [2.24, 2.45) is 5.41 Å². The van der Waals surface area contributed by atoms with Crippen molar-refractivity contribution < 1.29 is 43.3 Å². The van der Waals surface area contributed by atoms with E-state index in [0.717, 1.165) is 38.3 Å². The van der Waals surface area contributed by atoms with Crippen LogP contribution in [0.5, 0.6) is 11.6 Å². The predicted molar refractivity (Wildman–Crippen MR) is 279 cm³/mol. The lowest BCUT2D eigenvalue weighted by molar-refractivity contribution is -0.144. The van der Waals surface area contributed by atoms with Gasteiger partial charge in [-0.05, 0) is 61.1 Å². The van der Waals surface area contributed by atoms with E-state index in [1.807, 2.05) is 80.0 Å². The van der Waals surface area contributed by atoms with Crippen LogP contribution in [-0.2, 0) is 30.5 Å². The van der Waals surface area contributed by atoms with Crippen LogP contribution in [-0.4, -0.2) is 157 Å². The molecule has 0 radical (unpaired) electrons. The average Bonchev–Trinajstić information content (AvgIpc) is 4.13. The minimum Gasteiger partial charge on any atom is -0.481 e. The maximum atomic E-state index is 14.1. The smallest absolute Gasteiger partial charge is 0.414 e. The first-order chi connectivity index (χ1) is 35.9. The van der Waals surface area contributed by atoms with Crippen molar-refractivity contribution in [2.75, 3.05) is 74.1 Å². The Morgan fingerprint density at radius 3 is 2.36 bits per heavy atom. The van der Waals surface area contributed by atoms with E-state index in [1.165, 1.54) is 22.2 Å². The SMILES string of the molecule is Cc1ncsc1-c1ccc(CNC(=O)[C@@H]2C[C@@H](O)CN2C(=O)[C@@H](NC(=O)COc2cnc(N3CCN(CC(=O)Nc4cc5cc(-c6cnc7c(c6)N(C(=O)OC(C)C)CCO7)ccn5n4)CC3)nc2)C(C)(C)C)cc1. The number of aryl methyl sites for hydroxylation is 1. The van der Waals surface area contributed by atoms with Gasteiger partial charge in [0, 0.05) is 69.7 Å². The van der Waals surface area contributed by atoms with Crippen LogP contribution < -0.4 is 35.2 Å². The van der Waals surface area contributed by atoms with Gasteiger partial charge in [0.1, 0.15) is 24.4 Å². The number of pyridine rings is 2. The number of anilines is 3. The molecule has 8 heterocycles. The minimum absolute atomic E-state index is 0.0470. The molecule has 5 amide bonds. The van der Waals surface area contributed by atoms with E-state index in [4.69, 9.17) is 14.2 Å². The average molecular weight is 1040 g/mol. The zero-order valence-electron chi connectivity index (χ0n) is 42.7. The molecule has 6 aromatic rings. The summed E-state index contributed by atoms with van der Waals surface area (Å²) >= 11 is 1.56. The van der Waals surface area contributed by atoms with E-state index < -0.39 is 54.0 Å². The summed E-state index contributed by atoms with van der Waals surface area (Å²) in [5.74, 6) is -0.160. The fourth-order valence-corrected chi connectivity index (χ4v) is 9.93. The van der Waals surface area contributed by atoms with Gasteiger partial charge in [0.05, 0.1) is 59.3 Å². The quantitative estimate of drug-likeness (QED) is 0.112. The molecule has 394 valence electrons. The molecular formula is C52H61N13O9S. The third kappa shape index (κ3) is 12.4. The van der Waals surface area contributed by atoms with Crippen LogP contribution in [0.3, 0.4) is 0 Å². The molecule has 3 aliphatic heterocycles. The molecular weight excluding hydrogens is 983 g/mol. The van der Waals surface area contributed by atoms with Crippen LogP contribution >= 0.6 is 11.3 Å². The molecule has 2 saturated heterocycles. The van der Waals surface area contributed by atoms with Crippen LogP contribution in [0.15, 0.2) is 78.8 Å². The molecule has 0 unspecified atom stereocenters. The zero-order valence-corrected chi connectivity index (χ0v) is 43.5. The van der Waals surface area contributed by atoms with Gasteiger partial charge < -0.3 is 45.1 Å². The lowest BCUT2D eigenvalue weighted by Gasteiger charge is -2.35. The summed E-state index contributed by atoms with van der Waals surface area (Å²) in [7, 11) is 0. The summed E-state index contributed by atoms with van der Waals surface area (Å²) in [6.45, 7) is 13.9. The molecule has 75 heavy (non-hydrogen) atoms. The van der Waals surface area contributed by atoms with Crippen molar-refractivity contribution in [3.63, 3.8) is 0 Å². The van der Waals surface area contributed by atoms with E-state index in [9.17, 15) is 29.1 Å². The van der Waals surface area contributed by atoms with E-state index in [-0.39, 0.29) is 43.8 Å². The van der Waals surface area contributed by atoms with Gasteiger partial charge in [-0.2, -0.15) is 5.10 Å². The predicted octanol–water partition coefficient (Wildman–Crippen LogP) is 4.31. The molecule has 0 bridgehead atoms. The Morgan fingerprint density at radius 1 is 0.893 bits per heavy atom. The highest BCUT2D eigenvalue weighted by Crippen LogP contribution is 2.35. The first-order valence-corrected chi connectivity index (χ1v) is 25.7. The maximum Gasteiger partial charge on any atom is 0.414 e. The molecule has 0 spiro atoms. The second kappa shape index (κ2) is 22.4. The summed E-state index contributed by atoms with van der Waals surface area (Å²) in [6, 6.07) is 13.3. The third-order valence-corrected chi connectivity index (χ3v) is 14.0. The standard InChI is InChI=1S/C52H61N13O9S/c1-31(2)74-51(71)63-17-18-72-48-41(63)20-36(24-54-48)35-11-12-65-37(19-35)21-42(60-65)58-43(67)28-61-13-15-62(16-14-61)50-55-25-39(26-56-50)73-29-44(68)59-46(52(4,5)6)49(70)64-27-38(66)22-40(64)47(69)53-23-33-7-9-34(10-8-33)45-32(3)57-30-75-45/h7-12,19-21,24-26,30-31,38,40,46,66H,13-18,22-23,27-29H2,1-6H3,(H,53,69)(H,59,68)(H,58,60,67)/t38-,40+,46-/m1/s1. The molecule has 0 aliphatic carbocycles. The Labute approximate surface area is 437 Å². The Hall–Kier alpha value is -7.76. The molecule has 22 nitrogen and oxygen atoms in total. The second-order valence-corrected chi connectivity index (χ2v) is 20.9. The van der Waals surface area contributed by atoms with Gasteiger partial charge in [-0.25, -0.2) is 29.2 Å². The van der Waals surface area contributed by atoms with Crippen molar-refractivity contribution in [3.8, 4) is 33.2 Å². The number of carbonyl (C=O) groups excluding carboxylic acids is 5. The van der Waals surface area contributed by atoms with Crippen molar-refractivity contribution in [1.29, 1.82) is 0 Å². The third-order valence-electron chi connectivity index (χ3n) is 13.0. The van der Waals surface area contributed by atoms with Crippen LogP contribution in [0.2, 0.25) is 0 Å². The number of nitrogens with zero attached hydrogens (tertiary/aromatic N) is 10. The number of fused-ring (bicyclic) bond motifs is 2. The molecule has 23 heteroatoms. The number of aliphatic hydroxyl groups is 1. The van der Waals surface area contributed by atoms with E-state index >= 15 is 0 Å². The first kappa shape index (κ1) is 52.1. The molecule has 3 atom stereocenters. The summed E-state index contributed by atoms with van der Waals surface area (Å²) in [5, 5.41) is 23.8. The highest BCUT2D eigenvalue weighted by molar-refractivity contribution is 7.13. The highest BCUT2D eigenvalue weighted by Gasteiger charge is 2.44. The van der Waals surface area contributed by atoms with E-state index in [1.54, 1.807) is 53.7 Å². The number of ether oxygens (including phenoxy) is 3. The number of aliphatic hydroxyl groups excluding tert-OH is 1. The number of aromatic nitrogens is 6. The lowest BCUT2D eigenvalue weighted by Crippen LogP contribution is -2.58. The van der Waals surface area contributed by atoms with Crippen molar-refractivity contribution in [2.45, 2.75) is 78.8 Å². The van der Waals surface area contributed by atoms with E-state index in [0.29, 0.717) is 62.7 Å². The van der Waals surface area contributed by atoms with Crippen LogP contribution in [0.1, 0.15) is 52.3 Å². The van der Waals surface area contributed by atoms with Gasteiger partial charge in [-0.15, -0.1) is 11.3 Å². The van der Waals surface area contributed by atoms with Gasteiger partial charge in [0.15, 0.2) is 18.2 Å². The molecule has 5 aromatic heterocycles. The topological polar surface area (TPSA) is 251 Å². The minimum atomic E-state index is -1.03. The summed E-state index contributed by atoms with van der Waals surface area (Å²) in [5.41, 5.74) is 6.80. The molecule has 1 aromatic carbocycles. The first-order valence-electron chi connectivity index (χ1n) is 24.8. The van der Waals surface area contributed by atoms with Gasteiger partial charge in [-0.1, -0.05) is 45.0 Å². The lowest BCUT2D eigenvalue weighted by atomic mass is 9.85. The Bertz CT molecular complexity index is 3040. The Balaban J connectivity index is 0.720. The van der Waals surface area contributed by atoms with E-state index in [2.05, 4.69) is 41.0 Å². The molecule has 2 fully saturated rings. The zero-order chi connectivity index (χ0) is 53.0. The highest BCUT2D eigenvalue weighted by atomic mass is 32.1. The molecule has 4 N–H and O–H groups in total. The summed E-state index contributed by atoms with van der Waals surface area (Å²) in [6.07, 6.45) is 4.87. The number of nitrogens with one attached hydrogen (secondary N) is 3. The van der Waals surface area contributed by atoms with Crippen LogP contribution in [0.4, 0.5) is 22.2 Å². The fraction of sp³-hybridized carbons (Fsp3) is 0.423. The normalized spacial score (nSPS) is 17.3. The number of amides is 5. The number of piperazine rings is 1. The fourth-order valence-electron chi connectivity index (χ4n) is 9.12. The van der Waals surface area contributed by atoms with Gasteiger partial charge in [-0.3, -0.25) is 29.0 Å². The van der Waals surface area contributed by atoms with Gasteiger partial charge >= 0.3 is 6.09 Å². The number of thiazole rings is 1. The monoisotopic (exact) mass is 1040 g/mol. The van der Waals surface area contributed by atoms with Crippen molar-refractivity contribution in [3.05, 3.63) is 90.1 Å². The Kier molecular flexibility index (Phi) is 15.6. The number of likely N-dealkylation sites (tertiary alicyclic amines) is 1. The van der Waals surface area contributed by atoms with Crippen LogP contribution in [0, 0.1) is 12.3 Å².